The Labute approximate surface area is 88.9 Å². The van der Waals surface area contributed by atoms with E-state index in [-0.39, 0.29) is 0 Å². The van der Waals surface area contributed by atoms with Crippen LogP contribution >= 0.6 is 0 Å². The van der Waals surface area contributed by atoms with Crippen LogP contribution in [0.2, 0.25) is 0 Å². The van der Waals surface area contributed by atoms with Crippen molar-refractivity contribution < 1.29 is 4.74 Å². The summed E-state index contributed by atoms with van der Waals surface area (Å²) >= 11 is 0. The molecule has 15 heavy (non-hydrogen) atoms. The number of benzene rings is 1. The van der Waals surface area contributed by atoms with Gasteiger partial charge in [0.2, 0.25) is 0 Å². The minimum absolute atomic E-state index is 0.498. The first-order valence-electron chi connectivity index (χ1n) is 5.38. The first-order chi connectivity index (χ1) is 7.42. The van der Waals surface area contributed by atoms with Crippen LogP contribution in [-0.2, 0) is 11.2 Å². The van der Waals surface area contributed by atoms with Crippen molar-refractivity contribution in [1.29, 1.82) is 0 Å². The summed E-state index contributed by atoms with van der Waals surface area (Å²) in [7, 11) is 0. The third-order valence-electron chi connectivity index (χ3n) is 2.78. The predicted molar refractivity (Wildman–Crippen MR) is 59.8 cm³/mol. The molecule has 0 radical (unpaired) electrons. The number of aryl methyl sites for hydroxylation is 1. The Hall–Kier alpha value is -1.41. The molecule has 2 heterocycles. The molecule has 0 bridgehead atoms. The molecule has 2 nitrogen and oxygen atoms in total. The first kappa shape index (κ1) is 8.86. The summed E-state index contributed by atoms with van der Waals surface area (Å²) in [5, 5.41) is 1.21. The van der Waals surface area contributed by atoms with Crippen LogP contribution in [0.15, 0.2) is 36.4 Å². The average molecular weight is 199 g/mol. The van der Waals surface area contributed by atoms with Gasteiger partial charge in [0.05, 0.1) is 18.2 Å². The molecule has 2 aromatic rings. The highest BCUT2D eigenvalue weighted by molar-refractivity contribution is 5.78. The van der Waals surface area contributed by atoms with E-state index in [1.165, 1.54) is 11.1 Å². The Bertz CT molecular complexity index is 477. The van der Waals surface area contributed by atoms with E-state index < -0.39 is 0 Å². The van der Waals surface area contributed by atoms with Gasteiger partial charge in [0.1, 0.15) is 0 Å². The van der Waals surface area contributed by atoms with Crippen LogP contribution in [0.25, 0.3) is 10.9 Å². The van der Waals surface area contributed by atoms with Crippen molar-refractivity contribution in [3.8, 4) is 0 Å². The number of aromatic nitrogens is 1. The van der Waals surface area contributed by atoms with E-state index in [4.69, 9.17) is 4.74 Å². The number of hydrogen-bond donors (Lipinski definition) is 0. The number of fused-ring (bicyclic) bond motifs is 1. The predicted octanol–water partition coefficient (Wildman–Crippen LogP) is 2.57. The highest BCUT2D eigenvalue weighted by Crippen LogP contribution is 2.17. The van der Waals surface area contributed by atoms with E-state index in [1.54, 1.807) is 0 Å². The van der Waals surface area contributed by atoms with Crippen molar-refractivity contribution >= 4 is 10.9 Å². The van der Waals surface area contributed by atoms with E-state index in [0.717, 1.165) is 25.0 Å². The van der Waals surface area contributed by atoms with Crippen LogP contribution in [0.5, 0.6) is 0 Å². The maximum atomic E-state index is 5.19. The van der Waals surface area contributed by atoms with E-state index in [9.17, 15) is 0 Å². The van der Waals surface area contributed by atoms with Crippen molar-refractivity contribution in [2.75, 3.05) is 6.61 Å². The molecule has 1 aromatic carbocycles. The fourth-order valence-electron chi connectivity index (χ4n) is 1.79. The van der Waals surface area contributed by atoms with Gasteiger partial charge in [-0.25, -0.2) is 0 Å². The van der Waals surface area contributed by atoms with Crippen LogP contribution in [0.4, 0.5) is 0 Å². The van der Waals surface area contributed by atoms with Crippen LogP contribution in [0.3, 0.4) is 0 Å². The van der Waals surface area contributed by atoms with Crippen molar-refractivity contribution in [3.05, 3.63) is 42.1 Å². The summed E-state index contributed by atoms with van der Waals surface area (Å²) in [6.07, 6.45) is 2.62. The van der Waals surface area contributed by atoms with E-state index in [1.807, 2.05) is 12.1 Å². The van der Waals surface area contributed by atoms with Gasteiger partial charge in [-0.2, -0.15) is 0 Å². The standard InChI is InChI=1S/C13H13NO/c1-2-4-13-10(3-1)5-6-11(14-13)7-8-12-9-15-12/h1-6,12H,7-9H2. The summed E-state index contributed by atoms with van der Waals surface area (Å²) in [6, 6.07) is 12.5. The number of rotatable bonds is 3. The van der Waals surface area contributed by atoms with Crippen LogP contribution < -0.4 is 0 Å². The van der Waals surface area contributed by atoms with Gasteiger partial charge in [-0.05, 0) is 25.0 Å². The molecule has 1 aromatic heterocycles. The molecule has 1 aliphatic rings. The second-order valence-corrected chi connectivity index (χ2v) is 3.99. The average Bonchev–Trinajstić information content (AvgIpc) is 3.10. The van der Waals surface area contributed by atoms with Gasteiger partial charge in [-0.3, -0.25) is 4.98 Å². The summed E-state index contributed by atoms with van der Waals surface area (Å²) < 4.78 is 5.19. The third-order valence-corrected chi connectivity index (χ3v) is 2.78. The minimum Gasteiger partial charge on any atom is -0.373 e. The molecular weight excluding hydrogens is 186 g/mol. The zero-order valence-electron chi connectivity index (χ0n) is 8.52. The molecule has 1 atom stereocenters. The summed E-state index contributed by atoms with van der Waals surface area (Å²) in [6.45, 7) is 0.938. The molecule has 1 aliphatic heterocycles. The molecule has 0 N–H and O–H groups in total. The van der Waals surface area contributed by atoms with Crippen LogP contribution in [0, 0.1) is 0 Å². The van der Waals surface area contributed by atoms with Crippen molar-refractivity contribution in [1.82, 2.24) is 4.98 Å². The fourth-order valence-corrected chi connectivity index (χ4v) is 1.79. The van der Waals surface area contributed by atoms with Crippen LogP contribution in [-0.4, -0.2) is 17.7 Å². The maximum Gasteiger partial charge on any atom is 0.0813 e. The molecule has 0 saturated carbocycles. The molecule has 1 fully saturated rings. The number of para-hydroxylation sites is 1. The van der Waals surface area contributed by atoms with Gasteiger partial charge >= 0.3 is 0 Å². The number of nitrogens with zero attached hydrogens (tertiary/aromatic N) is 1. The van der Waals surface area contributed by atoms with Gasteiger partial charge in [-0.15, -0.1) is 0 Å². The lowest BCUT2D eigenvalue weighted by molar-refractivity contribution is 0.396. The van der Waals surface area contributed by atoms with E-state index in [2.05, 4.69) is 29.2 Å². The fraction of sp³-hybridized carbons (Fsp3) is 0.308. The largest absolute Gasteiger partial charge is 0.373 e. The van der Waals surface area contributed by atoms with Crippen molar-refractivity contribution in [2.24, 2.45) is 0 Å². The lowest BCUT2D eigenvalue weighted by Gasteiger charge is -2.01. The van der Waals surface area contributed by atoms with Crippen LogP contribution in [0.1, 0.15) is 12.1 Å². The molecule has 76 valence electrons. The van der Waals surface area contributed by atoms with E-state index >= 15 is 0 Å². The number of ether oxygens (including phenoxy) is 1. The monoisotopic (exact) mass is 199 g/mol. The highest BCUT2D eigenvalue weighted by Gasteiger charge is 2.21. The lowest BCUT2D eigenvalue weighted by atomic mass is 10.1. The van der Waals surface area contributed by atoms with Crippen molar-refractivity contribution in [2.45, 2.75) is 18.9 Å². The van der Waals surface area contributed by atoms with Gasteiger partial charge in [0, 0.05) is 11.1 Å². The second kappa shape index (κ2) is 3.63. The zero-order chi connectivity index (χ0) is 10.1. The molecule has 0 spiro atoms. The number of hydrogen-bond acceptors (Lipinski definition) is 2. The van der Waals surface area contributed by atoms with Gasteiger partial charge < -0.3 is 4.74 Å². The molecule has 0 amide bonds. The van der Waals surface area contributed by atoms with E-state index in [0.29, 0.717) is 6.10 Å². The first-order valence-corrected chi connectivity index (χ1v) is 5.38. The van der Waals surface area contributed by atoms with Gasteiger partial charge in [0.25, 0.3) is 0 Å². The summed E-state index contributed by atoms with van der Waals surface area (Å²) in [5.41, 5.74) is 2.26. The Kier molecular flexibility index (Phi) is 2.14. The summed E-state index contributed by atoms with van der Waals surface area (Å²) in [4.78, 5) is 4.62. The Morgan fingerprint density at radius 2 is 2.07 bits per heavy atom. The van der Waals surface area contributed by atoms with Crippen molar-refractivity contribution in [3.63, 3.8) is 0 Å². The highest BCUT2D eigenvalue weighted by atomic mass is 16.6. The molecule has 3 rings (SSSR count). The lowest BCUT2D eigenvalue weighted by Crippen LogP contribution is -1.94. The SMILES string of the molecule is c1ccc2nc(CCC3CO3)ccc2c1. The van der Waals surface area contributed by atoms with Gasteiger partial charge in [0.15, 0.2) is 0 Å². The third kappa shape index (κ3) is 2.00. The Morgan fingerprint density at radius 3 is 2.93 bits per heavy atom. The maximum absolute atomic E-state index is 5.19. The molecule has 1 unspecified atom stereocenters. The molecular formula is C13H13NO. The zero-order valence-corrected chi connectivity index (χ0v) is 8.52. The molecule has 2 heteroatoms. The molecule has 0 aliphatic carbocycles. The van der Waals surface area contributed by atoms with Gasteiger partial charge in [-0.1, -0.05) is 24.3 Å². The quantitative estimate of drug-likeness (QED) is 0.710. The minimum atomic E-state index is 0.498. The Balaban J connectivity index is 1.84. The number of epoxide rings is 1. The number of pyridine rings is 1. The second-order valence-electron chi connectivity index (χ2n) is 3.99. The molecule has 1 saturated heterocycles. The topological polar surface area (TPSA) is 25.4 Å². The smallest absolute Gasteiger partial charge is 0.0813 e. The normalized spacial score (nSPS) is 19.3. The Morgan fingerprint density at radius 1 is 1.20 bits per heavy atom. The summed E-state index contributed by atoms with van der Waals surface area (Å²) in [5.74, 6) is 0.